The molecule has 2 aliphatic rings. The van der Waals surface area contributed by atoms with Crippen molar-refractivity contribution in [1.29, 1.82) is 5.26 Å². The third-order valence-electron chi connectivity index (χ3n) is 6.74. The Morgan fingerprint density at radius 1 is 1.06 bits per heavy atom. The molecule has 4 rings (SSSR count). The van der Waals surface area contributed by atoms with Gasteiger partial charge >= 0.3 is 5.97 Å². The predicted molar refractivity (Wildman–Crippen MR) is 134 cm³/mol. The summed E-state index contributed by atoms with van der Waals surface area (Å²) >= 11 is 12.3. The summed E-state index contributed by atoms with van der Waals surface area (Å²) in [6, 6.07) is 12.7. The number of anilines is 1. The average Bonchev–Trinajstić information content (AvgIpc) is 2.85. The Balaban J connectivity index is 1.25. The maximum absolute atomic E-state index is 12.2. The van der Waals surface area contributed by atoms with Crippen molar-refractivity contribution >= 4 is 34.9 Å². The summed E-state index contributed by atoms with van der Waals surface area (Å²) in [5, 5.41) is 10.1. The Hall–Kier alpha value is -2.46. The third kappa shape index (κ3) is 5.96. The molecule has 6 nitrogen and oxygen atoms in total. The fourth-order valence-electron chi connectivity index (χ4n) is 4.83. The van der Waals surface area contributed by atoms with Gasteiger partial charge in [-0.1, -0.05) is 23.2 Å². The van der Waals surface area contributed by atoms with Crippen molar-refractivity contribution in [3.63, 3.8) is 0 Å². The van der Waals surface area contributed by atoms with Crippen LogP contribution >= 0.6 is 23.2 Å². The van der Waals surface area contributed by atoms with Crippen molar-refractivity contribution in [2.45, 2.75) is 31.8 Å². The fraction of sp³-hybridized carbons (Fsp3) is 0.462. The van der Waals surface area contributed by atoms with Gasteiger partial charge < -0.3 is 19.3 Å². The molecule has 2 aromatic carbocycles. The number of carbonyl (C=O) groups excluding carboxylic acids is 1. The van der Waals surface area contributed by atoms with E-state index in [1.165, 1.54) is 7.11 Å². The van der Waals surface area contributed by atoms with Crippen LogP contribution in [0.4, 0.5) is 5.69 Å². The van der Waals surface area contributed by atoms with Gasteiger partial charge in [-0.25, -0.2) is 4.79 Å². The van der Waals surface area contributed by atoms with Crippen LogP contribution in [0.15, 0.2) is 36.4 Å². The molecule has 8 heteroatoms. The fourth-order valence-corrected chi connectivity index (χ4v) is 5.21. The zero-order valence-corrected chi connectivity index (χ0v) is 20.8. The minimum atomic E-state index is -0.331. The normalized spacial score (nSPS) is 17.9. The zero-order valence-electron chi connectivity index (χ0n) is 19.3. The molecule has 0 unspecified atom stereocenters. The second kappa shape index (κ2) is 11.3. The Morgan fingerprint density at radius 3 is 2.44 bits per heavy atom. The lowest BCUT2D eigenvalue weighted by Gasteiger charge is -2.38. The molecule has 2 saturated heterocycles. The smallest absolute Gasteiger partial charge is 0.339 e. The highest BCUT2D eigenvalue weighted by atomic mass is 35.5. The van der Waals surface area contributed by atoms with Gasteiger partial charge in [-0.05, 0) is 61.9 Å². The van der Waals surface area contributed by atoms with E-state index in [1.54, 1.807) is 24.3 Å². The number of hydrogen-bond donors (Lipinski definition) is 0. The number of likely N-dealkylation sites (tertiary alicyclic amines) is 1. The van der Waals surface area contributed by atoms with Gasteiger partial charge in [0.25, 0.3) is 0 Å². The van der Waals surface area contributed by atoms with E-state index in [1.807, 2.05) is 12.1 Å². The highest BCUT2D eigenvalue weighted by molar-refractivity contribution is 6.32. The highest BCUT2D eigenvalue weighted by Gasteiger charge is 2.27. The first-order chi connectivity index (χ1) is 16.5. The molecule has 0 saturated carbocycles. The van der Waals surface area contributed by atoms with E-state index < -0.39 is 0 Å². The molecule has 0 spiro atoms. The lowest BCUT2D eigenvalue weighted by atomic mass is 9.94. The number of carbonyl (C=O) groups is 1. The van der Waals surface area contributed by atoms with Crippen LogP contribution in [-0.2, 0) is 4.74 Å². The number of piperidine rings is 2. The molecule has 2 heterocycles. The van der Waals surface area contributed by atoms with E-state index in [0.717, 1.165) is 69.8 Å². The Morgan fingerprint density at radius 2 is 1.79 bits per heavy atom. The van der Waals surface area contributed by atoms with Crippen LogP contribution < -0.4 is 9.64 Å². The highest BCUT2D eigenvalue weighted by Crippen LogP contribution is 2.31. The largest absolute Gasteiger partial charge is 0.490 e. The summed E-state index contributed by atoms with van der Waals surface area (Å²) in [6.45, 7) is 4.90. The predicted octanol–water partition coefficient (Wildman–Crippen LogP) is 5.41. The topological polar surface area (TPSA) is 65.8 Å². The molecule has 2 aliphatic heterocycles. The summed E-state index contributed by atoms with van der Waals surface area (Å²) < 4.78 is 11.1. The third-order valence-corrected chi connectivity index (χ3v) is 7.28. The van der Waals surface area contributed by atoms with Crippen molar-refractivity contribution in [3.05, 3.63) is 57.6 Å². The number of nitriles is 1. The maximum Gasteiger partial charge on any atom is 0.339 e. The molecular weight excluding hydrogens is 473 g/mol. The number of ether oxygens (including phenoxy) is 2. The van der Waals surface area contributed by atoms with E-state index in [0.29, 0.717) is 27.1 Å². The summed E-state index contributed by atoms with van der Waals surface area (Å²) in [4.78, 5) is 17.0. The minimum absolute atomic E-state index is 0.168. The van der Waals surface area contributed by atoms with Crippen LogP contribution in [0.1, 0.15) is 41.6 Å². The number of benzene rings is 2. The number of nitrogens with zero attached hydrogens (tertiary/aromatic N) is 3. The maximum atomic E-state index is 12.2. The number of methoxy groups -OCH3 is 1. The summed E-state index contributed by atoms with van der Waals surface area (Å²) in [6.07, 6.45) is 4.27. The molecule has 34 heavy (non-hydrogen) atoms. The van der Waals surface area contributed by atoms with Crippen molar-refractivity contribution in [3.8, 4) is 11.8 Å². The minimum Gasteiger partial charge on any atom is -0.490 e. The number of hydrogen-bond acceptors (Lipinski definition) is 6. The average molecular weight is 502 g/mol. The summed E-state index contributed by atoms with van der Waals surface area (Å²) in [7, 11) is 1.40. The monoisotopic (exact) mass is 501 g/mol. The van der Waals surface area contributed by atoms with Crippen molar-refractivity contribution in [2.24, 2.45) is 5.92 Å². The van der Waals surface area contributed by atoms with Gasteiger partial charge in [-0.3, -0.25) is 0 Å². The molecule has 0 aliphatic carbocycles. The Kier molecular flexibility index (Phi) is 8.20. The standard InChI is InChI=1S/C26H29Cl2N3O3/c1-33-26(32)23-5-3-20(27)14-25(23)31-12-6-18(7-13-31)17-30-10-8-21(9-11-30)34-22-4-2-19(16-29)24(28)15-22/h2-5,14-15,18,21H,6-13,17H2,1H3. The van der Waals surface area contributed by atoms with Crippen LogP contribution in [0.3, 0.4) is 0 Å². The molecule has 2 fully saturated rings. The molecular formula is C26H29Cl2N3O3. The number of halogens is 2. The van der Waals surface area contributed by atoms with Crippen LogP contribution in [0.2, 0.25) is 10.0 Å². The van der Waals surface area contributed by atoms with Crippen LogP contribution in [-0.4, -0.2) is 56.8 Å². The van der Waals surface area contributed by atoms with Gasteiger partial charge in [-0.15, -0.1) is 0 Å². The van der Waals surface area contributed by atoms with E-state index in [4.69, 9.17) is 37.9 Å². The second-order valence-electron chi connectivity index (χ2n) is 8.95. The van der Waals surface area contributed by atoms with Gasteiger partial charge in [0.1, 0.15) is 17.9 Å². The van der Waals surface area contributed by atoms with Gasteiger partial charge in [-0.2, -0.15) is 5.26 Å². The molecule has 180 valence electrons. The molecule has 0 N–H and O–H groups in total. The second-order valence-corrected chi connectivity index (χ2v) is 9.80. The van der Waals surface area contributed by atoms with Gasteiger partial charge in [0, 0.05) is 43.8 Å². The lowest BCUT2D eigenvalue weighted by molar-refractivity contribution is 0.0601. The van der Waals surface area contributed by atoms with Crippen LogP contribution in [0, 0.1) is 17.2 Å². The molecule has 2 aromatic rings. The Labute approximate surface area is 210 Å². The quantitative estimate of drug-likeness (QED) is 0.492. The van der Waals surface area contributed by atoms with E-state index in [2.05, 4.69) is 15.9 Å². The first-order valence-electron chi connectivity index (χ1n) is 11.7. The van der Waals surface area contributed by atoms with Gasteiger partial charge in [0.05, 0.1) is 28.9 Å². The molecule has 0 radical (unpaired) electrons. The Bertz CT molecular complexity index is 1060. The first kappa shape index (κ1) is 24.7. The van der Waals surface area contributed by atoms with Crippen LogP contribution in [0.25, 0.3) is 0 Å². The summed E-state index contributed by atoms with van der Waals surface area (Å²) in [5.74, 6) is 1.02. The van der Waals surface area contributed by atoms with Crippen molar-refractivity contribution in [2.75, 3.05) is 44.7 Å². The number of rotatable bonds is 6. The van der Waals surface area contributed by atoms with Crippen LogP contribution in [0.5, 0.6) is 5.75 Å². The lowest BCUT2D eigenvalue weighted by Crippen LogP contribution is -2.43. The van der Waals surface area contributed by atoms with E-state index in [-0.39, 0.29) is 12.1 Å². The van der Waals surface area contributed by atoms with E-state index >= 15 is 0 Å². The zero-order chi connectivity index (χ0) is 24.1. The SMILES string of the molecule is COC(=O)c1ccc(Cl)cc1N1CCC(CN2CCC(Oc3ccc(C#N)c(Cl)c3)CC2)CC1. The van der Waals surface area contributed by atoms with Gasteiger partial charge in [0.2, 0.25) is 0 Å². The number of esters is 1. The van der Waals surface area contributed by atoms with E-state index in [9.17, 15) is 4.79 Å². The molecule has 0 aromatic heterocycles. The van der Waals surface area contributed by atoms with Gasteiger partial charge in [0.15, 0.2) is 0 Å². The van der Waals surface area contributed by atoms with Crippen molar-refractivity contribution < 1.29 is 14.3 Å². The molecule has 0 bridgehead atoms. The summed E-state index contributed by atoms with van der Waals surface area (Å²) in [5.41, 5.74) is 1.89. The molecule has 0 amide bonds. The first-order valence-corrected chi connectivity index (χ1v) is 12.4. The molecule has 0 atom stereocenters. The van der Waals surface area contributed by atoms with Crippen molar-refractivity contribution in [1.82, 2.24) is 4.90 Å².